The third-order valence-electron chi connectivity index (χ3n) is 4.09. The molecule has 0 aromatic carbocycles. The average molecular weight is 291 g/mol. The number of piperidine rings is 1. The lowest BCUT2D eigenvalue weighted by atomic mass is 9.94. The predicted molar refractivity (Wildman–Crippen MR) is 88.9 cm³/mol. The van der Waals surface area contributed by atoms with Crippen LogP contribution in [0, 0.1) is 12.8 Å². The molecule has 1 fully saturated rings. The molecular formula is C16H29N5. The van der Waals surface area contributed by atoms with E-state index in [2.05, 4.69) is 39.5 Å². The van der Waals surface area contributed by atoms with Crippen LogP contribution in [0.2, 0.25) is 0 Å². The molecule has 5 nitrogen and oxygen atoms in total. The predicted octanol–water partition coefficient (Wildman–Crippen LogP) is 2.75. The number of nitrogens with zero attached hydrogens (tertiary/aromatic N) is 3. The molecule has 5 heteroatoms. The van der Waals surface area contributed by atoms with E-state index in [4.69, 9.17) is 0 Å². The van der Waals surface area contributed by atoms with E-state index in [1.54, 1.807) is 0 Å². The van der Waals surface area contributed by atoms with Crippen LogP contribution in [0.4, 0.5) is 11.6 Å². The first kappa shape index (κ1) is 16.0. The number of hydrogen-bond donors (Lipinski definition) is 2. The molecule has 0 spiro atoms. The Bertz CT molecular complexity index is 427. The Morgan fingerprint density at radius 1 is 1.14 bits per heavy atom. The maximum atomic E-state index is 4.47. The number of aromatic nitrogens is 2. The molecule has 1 aromatic rings. The Morgan fingerprint density at radius 3 is 2.38 bits per heavy atom. The van der Waals surface area contributed by atoms with E-state index in [1.165, 1.54) is 32.4 Å². The summed E-state index contributed by atoms with van der Waals surface area (Å²) in [6.45, 7) is 8.52. The molecule has 0 aliphatic carbocycles. The molecule has 0 atom stereocenters. The lowest BCUT2D eigenvalue weighted by Gasteiger charge is -2.28. The van der Waals surface area contributed by atoms with Gasteiger partial charge in [0.05, 0.1) is 0 Å². The fraction of sp³-hybridized carbons (Fsp3) is 0.750. The minimum atomic E-state index is 0.817. The average Bonchev–Trinajstić information content (AvgIpc) is 2.47. The second-order valence-corrected chi connectivity index (χ2v) is 6.07. The smallest absolute Gasteiger partial charge is 0.131 e. The fourth-order valence-electron chi connectivity index (χ4n) is 2.76. The molecule has 0 unspecified atom stereocenters. The standard InChI is InChI=1S/C16H29N5/c1-4-8-17-15-12-16(20-13(2)19-15)18-9-5-14-6-10-21(3)11-7-14/h12,14H,4-11H2,1-3H3,(H2,17,18,19,20). The summed E-state index contributed by atoms with van der Waals surface area (Å²) in [6.07, 6.45) is 4.98. The Balaban J connectivity index is 1.78. The van der Waals surface area contributed by atoms with Gasteiger partial charge >= 0.3 is 0 Å². The maximum absolute atomic E-state index is 4.47. The molecule has 0 bridgehead atoms. The van der Waals surface area contributed by atoms with Crippen LogP contribution in [0.25, 0.3) is 0 Å². The van der Waals surface area contributed by atoms with E-state index in [0.29, 0.717) is 0 Å². The second-order valence-electron chi connectivity index (χ2n) is 6.07. The summed E-state index contributed by atoms with van der Waals surface area (Å²) >= 11 is 0. The number of aryl methyl sites for hydroxylation is 1. The van der Waals surface area contributed by atoms with Crippen molar-refractivity contribution in [1.29, 1.82) is 0 Å². The molecule has 118 valence electrons. The quantitative estimate of drug-likeness (QED) is 0.809. The maximum Gasteiger partial charge on any atom is 0.131 e. The molecular weight excluding hydrogens is 262 g/mol. The SMILES string of the molecule is CCCNc1cc(NCCC2CCN(C)CC2)nc(C)n1. The topological polar surface area (TPSA) is 53.1 Å². The summed E-state index contributed by atoms with van der Waals surface area (Å²) in [6, 6.07) is 2.01. The zero-order valence-electron chi connectivity index (χ0n) is 13.7. The van der Waals surface area contributed by atoms with Gasteiger partial charge in [0.25, 0.3) is 0 Å². The summed E-state index contributed by atoms with van der Waals surface area (Å²) in [5, 5.41) is 6.78. The van der Waals surface area contributed by atoms with Crippen molar-refractivity contribution >= 4 is 11.6 Å². The first-order chi connectivity index (χ1) is 10.2. The molecule has 1 aromatic heterocycles. The third kappa shape index (κ3) is 5.50. The van der Waals surface area contributed by atoms with Gasteiger partial charge in [0.2, 0.25) is 0 Å². The van der Waals surface area contributed by atoms with E-state index in [1.807, 2.05) is 13.0 Å². The van der Waals surface area contributed by atoms with Crippen LogP contribution in [0.1, 0.15) is 38.4 Å². The van der Waals surface area contributed by atoms with Crippen LogP contribution in [-0.4, -0.2) is 48.1 Å². The molecule has 2 N–H and O–H groups in total. The molecule has 2 rings (SSSR count). The Kier molecular flexibility index (Phi) is 6.23. The van der Waals surface area contributed by atoms with Gasteiger partial charge in [-0.2, -0.15) is 0 Å². The number of anilines is 2. The van der Waals surface area contributed by atoms with Crippen molar-refractivity contribution in [3.63, 3.8) is 0 Å². The van der Waals surface area contributed by atoms with Gasteiger partial charge in [-0.1, -0.05) is 6.92 Å². The van der Waals surface area contributed by atoms with Crippen LogP contribution >= 0.6 is 0 Å². The van der Waals surface area contributed by atoms with Crippen molar-refractivity contribution in [2.24, 2.45) is 5.92 Å². The molecule has 0 amide bonds. The minimum Gasteiger partial charge on any atom is -0.370 e. The van der Waals surface area contributed by atoms with Gasteiger partial charge in [0, 0.05) is 19.2 Å². The van der Waals surface area contributed by atoms with E-state index >= 15 is 0 Å². The molecule has 21 heavy (non-hydrogen) atoms. The van der Waals surface area contributed by atoms with E-state index in [9.17, 15) is 0 Å². The van der Waals surface area contributed by atoms with Crippen LogP contribution < -0.4 is 10.6 Å². The summed E-state index contributed by atoms with van der Waals surface area (Å²) in [7, 11) is 2.21. The van der Waals surface area contributed by atoms with Crippen molar-refractivity contribution in [1.82, 2.24) is 14.9 Å². The van der Waals surface area contributed by atoms with Crippen LogP contribution in [0.3, 0.4) is 0 Å². The highest BCUT2D eigenvalue weighted by Crippen LogP contribution is 2.19. The normalized spacial score (nSPS) is 16.9. The largest absolute Gasteiger partial charge is 0.370 e. The molecule has 2 heterocycles. The summed E-state index contributed by atoms with van der Waals surface area (Å²) in [5.41, 5.74) is 0. The van der Waals surface area contributed by atoms with Gasteiger partial charge in [-0.15, -0.1) is 0 Å². The number of hydrogen-bond acceptors (Lipinski definition) is 5. The van der Waals surface area contributed by atoms with E-state index in [-0.39, 0.29) is 0 Å². The van der Waals surface area contributed by atoms with E-state index < -0.39 is 0 Å². The third-order valence-corrected chi connectivity index (χ3v) is 4.09. The monoisotopic (exact) mass is 291 g/mol. The summed E-state index contributed by atoms with van der Waals surface area (Å²) in [4.78, 5) is 11.3. The van der Waals surface area contributed by atoms with Gasteiger partial charge in [0.15, 0.2) is 0 Å². The highest BCUT2D eigenvalue weighted by atomic mass is 15.1. The van der Waals surface area contributed by atoms with E-state index in [0.717, 1.165) is 42.9 Å². The summed E-state index contributed by atoms with van der Waals surface area (Å²) < 4.78 is 0. The first-order valence-corrected chi connectivity index (χ1v) is 8.19. The Morgan fingerprint density at radius 2 is 1.76 bits per heavy atom. The zero-order chi connectivity index (χ0) is 15.1. The van der Waals surface area contributed by atoms with Crippen molar-refractivity contribution in [2.45, 2.75) is 39.5 Å². The second kappa shape index (κ2) is 8.17. The Labute approximate surface area is 128 Å². The molecule has 1 aliphatic heterocycles. The van der Waals surface area contributed by atoms with Gasteiger partial charge in [0.1, 0.15) is 17.5 Å². The molecule has 0 radical (unpaired) electrons. The minimum absolute atomic E-state index is 0.817. The van der Waals surface area contributed by atoms with Gasteiger partial charge in [-0.05, 0) is 58.7 Å². The first-order valence-electron chi connectivity index (χ1n) is 8.19. The van der Waals surface area contributed by atoms with Gasteiger partial charge < -0.3 is 15.5 Å². The van der Waals surface area contributed by atoms with Crippen molar-refractivity contribution < 1.29 is 0 Å². The number of likely N-dealkylation sites (tertiary alicyclic amines) is 1. The van der Waals surface area contributed by atoms with Crippen molar-refractivity contribution in [3.05, 3.63) is 11.9 Å². The highest BCUT2D eigenvalue weighted by molar-refractivity contribution is 5.47. The molecule has 0 saturated carbocycles. The molecule has 1 saturated heterocycles. The lowest BCUT2D eigenvalue weighted by molar-refractivity contribution is 0.215. The summed E-state index contributed by atoms with van der Waals surface area (Å²) in [5.74, 6) is 3.53. The van der Waals surface area contributed by atoms with Crippen LogP contribution in [0.5, 0.6) is 0 Å². The van der Waals surface area contributed by atoms with Gasteiger partial charge in [-0.25, -0.2) is 9.97 Å². The number of nitrogens with one attached hydrogen (secondary N) is 2. The zero-order valence-corrected chi connectivity index (χ0v) is 13.7. The lowest BCUT2D eigenvalue weighted by Crippen LogP contribution is -2.30. The highest BCUT2D eigenvalue weighted by Gasteiger charge is 2.16. The van der Waals surface area contributed by atoms with Gasteiger partial charge in [-0.3, -0.25) is 0 Å². The molecule has 1 aliphatic rings. The Hall–Kier alpha value is -1.36. The van der Waals surface area contributed by atoms with Crippen molar-refractivity contribution in [2.75, 3.05) is 43.9 Å². The van der Waals surface area contributed by atoms with Crippen LogP contribution in [-0.2, 0) is 0 Å². The van der Waals surface area contributed by atoms with Crippen molar-refractivity contribution in [3.8, 4) is 0 Å². The van der Waals surface area contributed by atoms with Crippen LogP contribution in [0.15, 0.2) is 6.07 Å². The fourth-order valence-corrected chi connectivity index (χ4v) is 2.76. The number of rotatable bonds is 7.